The number of hydrogen-bond acceptors (Lipinski definition) is 3. The van der Waals surface area contributed by atoms with Gasteiger partial charge >= 0.3 is 6.09 Å². The predicted molar refractivity (Wildman–Crippen MR) is 78.2 cm³/mol. The van der Waals surface area contributed by atoms with Gasteiger partial charge in [0.15, 0.2) is 0 Å². The summed E-state index contributed by atoms with van der Waals surface area (Å²) >= 11 is 0. The molecule has 1 heterocycles. The average Bonchev–Trinajstić information content (AvgIpc) is 2.45. The number of fused-ring (bicyclic) bond motifs is 1. The topological polar surface area (TPSA) is 47.6 Å². The minimum absolute atomic E-state index is 0.340. The molecule has 0 aromatic heterocycles. The van der Waals surface area contributed by atoms with E-state index in [1.165, 1.54) is 11.1 Å². The molecule has 0 atom stereocenters. The number of aryl methyl sites for hydroxylation is 1. The molecule has 20 heavy (non-hydrogen) atoms. The lowest BCUT2D eigenvalue weighted by molar-refractivity contribution is 0.133. The molecule has 1 aliphatic rings. The number of carbonyl (C=O) groups excluding carboxylic acids is 1. The fraction of sp³-hybridized carbons (Fsp3) is 0.562. The quantitative estimate of drug-likeness (QED) is 0.900. The molecule has 110 valence electrons. The first kappa shape index (κ1) is 14.7. The highest BCUT2D eigenvalue weighted by atomic mass is 16.5. The van der Waals surface area contributed by atoms with E-state index in [2.05, 4.69) is 23.5 Å². The van der Waals surface area contributed by atoms with Gasteiger partial charge in [0.2, 0.25) is 0 Å². The van der Waals surface area contributed by atoms with Crippen molar-refractivity contribution in [3.63, 3.8) is 0 Å². The molecule has 2 rings (SSSR count). The number of rotatable bonds is 5. The molecule has 0 aliphatic carbocycles. The summed E-state index contributed by atoms with van der Waals surface area (Å²) in [5.74, 6) is 1.36. The van der Waals surface area contributed by atoms with Gasteiger partial charge < -0.3 is 14.8 Å². The average molecular weight is 277 g/mol. The molecular weight excluding hydrogens is 254 g/mol. The van der Waals surface area contributed by atoms with Crippen LogP contribution in [0, 0.1) is 5.92 Å². The van der Waals surface area contributed by atoms with E-state index in [0.29, 0.717) is 19.1 Å². The van der Waals surface area contributed by atoms with Crippen LogP contribution in [0.3, 0.4) is 0 Å². The minimum atomic E-state index is -0.340. The number of carbonyl (C=O) groups is 1. The van der Waals surface area contributed by atoms with E-state index in [1.54, 1.807) is 0 Å². The maximum absolute atomic E-state index is 11.4. The van der Waals surface area contributed by atoms with E-state index < -0.39 is 0 Å². The first-order valence-electron chi connectivity index (χ1n) is 7.30. The van der Waals surface area contributed by atoms with Crippen LogP contribution in [0.25, 0.3) is 0 Å². The van der Waals surface area contributed by atoms with Gasteiger partial charge in [0.05, 0.1) is 13.2 Å². The van der Waals surface area contributed by atoms with Crippen molar-refractivity contribution in [2.45, 2.75) is 33.1 Å². The molecular formula is C16H23NO3. The summed E-state index contributed by atoms with van der Waals surface area (Å²) in [6.07, 6.45) is 2.63. The molecule has 4 heteroatoms. The Kier molecular flexibility index (Phi) is 5.27. The number of nitrogens with one attached hydrogen (secondary N) is 1. The summed E-state index contributed by atoms with van der Waals surface area (Å²) in [7, 11) is 0. The molecule has 0 unspecified atom stereocenters. The Bertz CT molecular complexity index is 457. The third kappa shape index (κ3) is 4.44. The number of ether oxygens (including phenoxy) is 2. The Labute approximate surface area is 120 Å². The van der Waals surface area contributed by atoms with Crippen LogP contribution < -0.4 is 10.1 Å². The number of hydrogen-bond donors (Lipinski definition) is 1. The Morgan fingerprint density at radius 3 is 3.10 bits per heavy atom. The van der Waals surface area contributed by atoms with Gasteiger partial charge in [0.1, 0.15) is 5.75 Å². The SMILES string of the molecule is CC(C)COC(=O)NCCc1ccc2c(c1)OCCC2. The second-order valence-electron chi connectivity index (χ2n) is 5.56. The molecule has 1 aromatic rings. The lowest BCUT2D eigenvalue weighted by Crippen LogP contribution is -2.27. The van der Waals surface area contributed by atoms with Crippen molar-refractivity contribution >= 4 is 6.09 Å². The first-order valence-corrected chi connectivity index (χ1v) is 7.30. The zero-order chi connectivity index (χ0) is 14.4. The molecule has 1 amide bonds. The van der Waals surface area contributed by atoms with E-state index in [1.807, 2.05) is 13.8 Å². The molecule has 0 radical (unpaired) electrons. The Hall–Kier alpha value is -1.71. The largest absolute Gasteiger partial charge is 0.493 e. The lowest BCUT2D eigenvalue weighted by Gasteiger charge is -2.18. The van der Waals surface area contributed by atoms with E-state index in [0.717, 1.165) is 31.6 Å². The van der Waals surface area contributed by atoms with E-state index >= 15 is 0 Å². The Balaban J connectivity index is 1.75. The van der Waals surface area contributed by atoms with Crippen LogP contribution in [-0.4, -0.2) is 25.9 Å². The van der Waals surface area contributed by atoms with Crippen LogP contribution in [0.4, 0.5) is 4.79 Å². The zero-order valence-corrected chi connectivity index (χ0v) is 12.3. The third-order valence-electron chi connectivity index (χ3n) is 3.21. The maximum Gasteiger partial charge on any atom is 0.407 e. The summed E-state index contributed by atoms with van der Waals surface area (Å²) in [6.45, 7) is 5.87. The highest BCUT2D eigenvalue weighted by molar-refractivity contribution is 5.67. The van der Waals surface area contributed by atoms with Crippen LogP contribution in [0.15, 0.2) is 18.2 Å². The fourth-order valence-corrected chi connectivity index (χ4v) is 2.14. The molecule has 0 saturated carbocycles. The van der Waals surface area contributed by atoms with Gasteiger partial charge in [-0.15, -0.1) is 0 Å². The molecule has 0 saturated heterocycles. The molecule has 0 fully saturated rings. The van der Waals surface area contributed by atoms with Gasteiger partial charge in [0.25, 0.3) is 0 Å². The van der Waals surface area contributed by atoms with Crippen molar-refractivity contribution in [2.24, 2.45) is 5.92 Å². The van der Waals surface area contributed by atoms with Gasteiger partial charge in [0, 0.05) is 6.54 Å². The van der Waals surface area contributed by atoms with Gasteiger partial charge in [-0.05, 0) is 42.4 Å². The highest BCUT2D eigenvalue weighted by Gasteiger charge is 2.10. The Morgan fingerprint density at radius 2 is 2.30 bits per heavy atom. The normalized spacial score (nSPS) is 13.6. The van der Waals surface area contributed by atoms with Crippen LogP contribution in [-0.2, 0) is 17.6 Å². The number of alkyl carbamates (subject to hydrolysis) is 1. The molecule has 1 N–H and O–H groups in total. The summed E-state index contributed by atoms with van der Waals surface area (Å²) < 4.78 is 10.7. The third-order valence-corrected chi connectivity index (χ3v) is 3.21. The first-order chi connectivity index (χ1) is 9.65. The summed E-state index contributed by atoms with van der Waals surface area (Å²) in [5, 5.41) is 2.76. The Morgan fingerprint density at radius 1 is 1.45 bits per heavy atom. The number of amides is 1. The standard InChI is InChI=1S/C16H23NO3/c1-12(2)11-20-16(18)17-8-7-13-5-6-14-4-3-9-19-15(14)10-13/h5-6,10,12H,3-4,7-9,11H2,1-2H3,(H,17,18). The monoisotopic (exact) mass is 277 g/mol. The second-order valence-corrected chi connectivity index (χ2v) is 5.56. The van der Waals surface area contributed by atoms with Gasteiger partial charge in [-0.3, -0.25) is 0 Å². The fourth-order valence-electron chi connectivity index (χ4n) is 2.14. The van der Waals surface area contributed by atoms with E-state index in [9.17, 15) is 4.79 Å². The van der Waals surface area contributed by atoms with Crippen molar-refractivity contribution in [1.29, 1.82) is 0 Å². The second kappa shape index (κ2) is 7.17. The summed E-state index contributed by atoms with van der Waals surface area (Å²) in [6, 6.07) is 6.31. The van der Waals surface area contributed by atoms with Crippen LogP contribution in [0.5, 0.6) is 5.75 Å². The zero-order valence-electron chi connectivity index (χ0n) is 12.3. The minimum Gasteiger partial charge on any atom is -0.493 e. The molecule has 1 aliphatic heterocycles. The van der Waals surface area contributed by atoms with Crippen molar-refractivity contribution in [3.8, 4) is 5.75 Å². The smallest absolute Gasteiger partial charge is 0.407 e. The molecule has 1 aromatic carbocycles. The van der Waals surface area contributed by atoms with Crippen LogP contribution in [0.1, 0.15) is 31.4 Å². The highest BCUT2D eigenvalue weighted by Crippen LogP contribution is 2.25. The van der Waals surface area contributed by atoms with Crippen molar-refractivity contribution < 1.29 is 14.3 Å². The number of benzene rings is 1. The van der Waals surface area contributed by atoms with Crippen molar-refractivity contribution in [3.05, 3.63) is 29.3 Å². The van der Waals surface area contributed by atoms with Gasteiger partial charge in [-0.2, -0.15) is 0 Å². The van der Waals surface area contributed by atoms with Gasteiger partial charge in [-0.25, -0.2) is 4.79 Å². The maximum atomic E-state index is 11.4. The van der Waals surface area contributed by atoms with E-state index in [-0.39, 0.29) is 6.09 Å². The van der Waals surface area contributed by atoms with Crippen molar-refractivity contribution in [2.75, 3.05) is 19.8 Å². The van der Waals surface area contributed by atoms with Crippen LogP contribution in [0.2, 0.25) is 0 Å². The predicted octanol–water partition coefficient (Wildman–Crippen LogP) is 2.94. The van der Waals surface area contributed by atoms with Crippen molar-refractivity contribution in [1.82, 2.24) is 5.32 Å². The van der Waals surface area contributed by atoms with Crippen LogP contribution >= 0.6 is 0 Å². The van der Waals surface area contributed by atoms with E-state index in [4.69, 9.17) is 9.47 Å². The lowest BCUT2D eigenvalue weighted by atomic mass is 10.0. The molecule has 0 spiro atoms. The van der Waals surface area contributed by atoms with Gasteiger partial charge in [-0.1, -0.05) is 26.0 Å². The summed E-state index contributed by atoms with van der Waals surface area (Å²) in [5.41, 5.74) is 2.46. The molecule has 4 nitrogen and oxygen atoms in total. The summed E-state index contributed by atoms with van der Waals surface area (Å²) in [4.78, 5) is 11.4. The molecule has 0 bridgehead atoms.